The molecule has 2 amide bonds. The summed E-state index contributed by atoms with van der Waals surface area (Å²) < 4.78 is 50.0. The molecule has 0 atom stereocenters. The average Bonchev–Trinajstić information content (AvgIpc) is 2.60. The summed E-state index contributed by atoms with van der Waals surface area (Å²) in [5.41, 5.74) is 12.5. The topological polar surface area (TPSA) is 179 Å². The van der Waals surface area contributed by atoms with Gasteiger partial charge in [0.1, 0.15) is 0 Å². The van der Waals surface area contributed by atoms with Gasteiger partial charge in [0.25, 0.3) is 26.0 Å². The minimum Gasteiger partial charge on any atom is -0.399 e. The van der Waals surface area contributed by atoms with E-state index in [-0.39, 0.29) is 9.79 Å². The van der Waals surface area contributed by atoms with E-state index >= 15 is 0 Å². The summed E-state index contributed by atoms with van der Waals surface area (Å²) >= 11 is 0. The smallest absolute Gasteiger partial charge is 0.264 e. The SMILES string of the molecule is CC(=O)NS(=O)(=O)c1ccc(N)cc1.CC(C)=CC(=O)NS(=O)(=O)c1ccc(N)cc1. The molecule has 0 aliphatic heterocycles. The van der Waals surface area contributed by atoms with E-state index in [2.05, 4.69) is 0 Å². The first-order chi connectivity index (χ1) is 14.2. The maximum absolute atomic E-state index is 11.7. The quantitative estimate of drug-likeness (QED) is 0.372. The number of amides is 2. The molecule has 6 N–H and O–H groups in total. The second kappa shape index (κ2) is 10.6. The number of allylic oxidation sites excluding steroid dienone is 1. The summed E-state index contributed by atoms with van der Waals surface area (Å²) in [5.74, 6) is -1.29. The van der Waals surface area contributed by atoms with Gasteiger partial charge >= 0.3 is 0 Å². The summed E-state index contributed by atoms with van der Waals surface area (Å²) in [5, 5.41) is 0. The highest BCUT2D eigenvalue weighted by Gasteiger charge is 2.16. The van der Waals surface area contributed by atoms with Crippen molar-refractivity contribution in [2.45, 2.75) is 30.6 Å². The summed E-state index contributed by atoms with van der Waals surface area (Å²) in [6.07, 6.45) is 1.22. The maximum Gasteiger partial charge on any atom is 0.264 e. The Morgan fingerprint density at radius 1 is 0.710 bits per heavy atom. The monoisotopic (exact) mass is 468 g/mol. The van der Waals surface area contributed by atoms with Gasteiger partial charge in [0.05, 0.1) is 9.79 Å². The van der Waals surface area contributed by atoms with Crippen molar-refractivity contribution >= 4 is 43.2 Å². The number of nitrogens with two attached hydrogens (primary N) is 2. The van der Waals surface area contributed by atoms with Crippen LogP contribution in [-0.4, -0.2) is 28.6 Å². The number of nitrogens with one attached hydrogen (secondary N) is 2. The van der Waals surface area contributed by atoms with Crippen LogP contribution in [0.4, 0.5) is 11.4 Å². The van der Waals surface area contributed by atoms with Crippen molar-refractivity contribution in [2.24, 2.45) is 0 Å². The maximum atomic E-state index is 11.7. The third-order valence-corrected chi connectivity index (χ3v) is 6.13. The molecule has 0 fully saturated rings. The van der Waals surface area contributed by atoms with Crippen LogP contribution >= 0.6 is 0 Å². The summed E-state index contributed by atoms with van der Waals surface area (Å²) in [7, 11) is -7.55. The Morgan fingerprint density at radius 2 is 1.06 bits per heavy atom. The van der Waals surface area contributed by atoms with E-state index in [1.165, 1.54) is 54.6 Å². The number of nitrogen functional groups attached to an aromatic ring is 2. The van der Waals surface area contributed by atoms with Gasteiger partial charge in [0.15, 0.2) is 0 Å². The molecule has 0 heterocycles. The lowest BCUT2D eigenvalue weighted by Gasteiger charge is -2.05. The highest BCUT2D eigenvalue weighted by Crippen LogP contribution is 2.12. The molecule has 0 unspecified atom stereocenters. The normalized spacial score (nSPS) is 10.8. The van der Waals surface area contributed by atoms with Crippen molar-refractivity contribution in [2.75, 3.05) is 11.5 Å². The van der Waals surface area contributed by atoms with Crippen molar-refractivity contribution < 1.29 is 26.4 Å². The van der Waals surface area contributed by atoms with Gasteiger partial charge in [0, 0.05) is 24.4 Å². The van der Waals surface area contributed by atoms with Gasteiger partial charge < -0.3 is 11.5 Å². The molecule has 0 saturated carbocycles. The lowest BCUT2D eigenvalue weighted by molar-refractivity contribution is -0.117. The largest absolute Gasteiger partial charge is 0.399 e. The molecule has 0 aliphatic carbocycles. The Labute approximate surface area is 181 Å². The van der Waals surface area contributed by atoms with Gasteiger partial charge in [-0.25, -0.2) is 26.3 Å². The van der Waals surface area contributed by atoms with Gasteiger partial charge in [-0.2, -0.15) is 0 Å². The van der Waals surface area contributed by atoms with E-state index in [0.717, 1.165) is 12.5 Å². The first-order valence-corrected chi connectivity index (χ1v) is 11.7. The second-order valence-corrected chi connectivity index (χ2v) is 9.86. The highest BCUT2D eigenvalue weighted by molar-refractivity contribution is 7.90. The van der Waals surface area contributed by atoms with E-state index in [1.54, 1.807) is 13.8 Å². The molecule has 2 rings (SSSR count). The van der Waals surface area contributed by atoms with Crippen LogP contribution in [0.5, 0.6) is 0 Å². The van der Waals surface area contributed by atoms with E-state index in [4.69, 9.17) is 11.5 Å². The molecule has 0 aromatic heterocycles. The van der Waals surface area contributed by atoms with Crippen molar-refractivity contribution in [3.05, 3.63) is 60.2 Å². The molecular formula is C19H24N4O6S2. The van der Waals surface area contributed by atoms with Crippen molar-refractivity contribution in [3.63, 3.8) is 0 Å². The number of benzene rings is 2. The van der Waals surface area contributed by atoms with Crippen LogP contribution in [0.1, 0.15) is 20.8 Å². The molecule has 12 heteroatoms. The molecule has 0 radical (unpaired) electrons. The lowest BCUT2D eigenvalue weighted by atomic mass is 10.3. The summed E-state index contributed by atoms with van der Waals surface area (Å²) in [6.45, 7) is 4.54. The molecule has 0 aliphatic rings. The number of hydrogen-bond donors (Lipinski definition) is 4. The van der Waals surface area contributed by atoms with Crippen molar-refractivity contribution in [3.8, 4) is 0 Å². The van der Waals surface area contributed by atoms with E-state index < -0.39 is 31.9 Å². The molecule has 168 valence electrons. The van der Waals surface area contributed by atoms with Crippen LogP contribution in [0.3, 0.4) is 0 Å². The predicted octanol–water partition coefficient (Wildman–Crippen LogP) is 1.13. The van der Waals surface area contributed by atoms with Gasteiger partial charge in [-0.1, -0.05) is 5.57 Å². The van der Waals surface area contributed by atoms with Gasteiger partial charge in [-0.15, -0.1) is 0 Å². The van der Waals surface area contributed by atoms with Crippen LogP contribution in [0, 0.1) is 0 Å². The van der Waals surface area contributed by atoms with Crippen molar-refractivity contribution in [1.82, 2.24) is 9.44 Å². The fourth-order valence-corrected chi connectivity index (χ4v) is 3.95. The molecule has 31 heavy (non-hydrogen) atoms. The lowest BCUT2D eigenvalue weighted by Crippen LogP contribution is -2.29. The minimum atomic E-state index is -3.82. The van der Waals surface area contributed by atoms with Crippen LogP contribution in [0.25, 0.3) is 0 Å². The first-order valence-electron chi connectivity index (χ1n) is 8.69. The standard InChI is InChI=1S/C11H14N2O3S.C8H10N2O3S/c1-8(2)7-11(14)13-17(15,16)10-5-3-9(12)4-6-10;1-6(11)10-14(12,13)8-4-2-7(9)3-5-8/h3-7H,12H2,1-2H3,(H,13,14);2-5H,9H2,1H3,(H,10,11). The fraction of sp³-hybridized carbons (Fsp3) is 0.158. The number of anilines is 2. The molecule has 2 aromatic rings. The van der Waals surface area contributed by atoms with Crippen LogP contribution in [0.15, 0.2) is 70.0 Å². The zero-order chi connectivity index (χ0) is 23.8. The Bertz CT molecular complexity index is 1170. The van der Waals surface area contributed by atoms with E-state index in [0.29, 0.717) is 11.4 Å². The fourth-order valence-electron chi connectivity index (χ4n) is 2.03. The third-order valence-electron chi connectivity index (χ3n) is 3.31. The number of carbonyl (C=O) groups is 2. The third kappa shape index (κ3) is 8.88. The number of carbonyl (C=O) groups excluding carboxylic acids is 2. The summed E-state index contributed by atoms with van der Waals surface area (Å²) in [6, 6.07) is 11.2. The van der Waals surface area contributed by atoms with Gasteiger partial charge in [-0.05, 0) is 62.4 Å². The number of rotatable bonds is 5. The second-order valence-electron chi connectivity index (χ2n) is 6.49. The molecule has 0 spiro atoms. The zero-order valence-corrected chi connectivity index (χ0v) is 18.7. The van der Waals surface area contributed by atoms with Gasteiger partial charge in [0.2, 0.25) is 5.91 Å². The van der Waals surface area contributed by atoms with E-state index in [9.17, 15) is 26.4 Å². The molecule has 2 aromatic carbocycles. The van der Waals surface area contributed by atoms with Crippen LogP contribution < -0.4 is 20.9 Å². The molecule has 10 nitrogen and oxygen atoms in total. The average molecular weight is 469 g/mol. The zero-order valence-electron chi connectivity index (χ0n) is 17.1. The Balaban J connectivity index is 0.000000316. The predicted molar refractivity (Wildman–Crippen MR) is 117 cm³/mol. The summed E-state index contributed by atoms with van der Waals surface area (Å²) in [4.78, 5) is 21.9. The van der Waals surface area contributed by atoms with Crippen LogP contribution in [0.2, 0.25) is 0 Å². The Hall–Kier alpha value is -3.38. The Morgan fingerprint density at radius 3 is 1.39 bits per heavy atom. The van der Waals surface area contributed by atoms with Crippen molar-refractivity contribution in [1.29, 1.82) is 0 Å². The van der Waals surface area contributed by atoms with Gasteiger partial charge in [-0.3, -0.25) is 9.59 Å². The first kappa shape index (κ1) is 25.7. The number of hydrogen-bond acceptors (Lipinski definition) is 8. The Kier molecular flexibility index (Phi) is 8.76. The minimum absolute atomic E-state index is 0.00204. The molecular weight excluding hydrogens is 444 g/mol. The molecule has 0 bridgehead atoms. The molecule has 0 saturated heterocycles. The highest BCUT2D eigenvalue weighted by atomic mass is 32.2. The van der Waals surface area contributed by atoms with Crippen LogP contribution in [-0.2, 0) is 29.6 Å². The van der Waals surface area contributed by atoms with E-state index in [1.807, 2.05) is 9.44 Å². The number of sulfonamides is 2.